The standard InChI is InChI=1S/C20H24N6O3/c21-7-2-8-25-12-15(10-23-25)22-9-13-3-1-4-14-11-26(20(29)18(13)14)16-5-6-17(27)24-19(16)28/h1,3-4,10,12,16,22H,2,5-9,11,21H2,(H,24,27,28). The van der Waals surface area contributed by atoms with Crippen LogP contribution >= 0.6 is 0 Å². The van der Waals surface area contributed by atoms with E-state index in [1.807, 2.05) is 29.1 Å². The molecule has 3 amide bonds. The van der Waals surface area contributed by atoms with Gasteiger partial charge in [-0.1, -0.05) is 18.2 Å². The summed E-state index contributed by atoms with van der Waals surface area (Å²) in [6.07, 6.45) is 5.13. The summed E-state index contributed by atoms with van der Waals surface area (Å²) in [6, 6.07) is 5.14. The summed E-state index contributed by atoms with van der Waals surface area (Å²) in [5, 5.41) is 9.93. The van der Waals surface area contributed by atoms with Crippen LogP contribution in [-0.4, -0.2) is 45.0 Å². The molecule has 4 rings (SSSR count). The van der Waals surface area contributed by atoms with Crippen LogP contribution in [0.2, 0.25) is 0 Å². The van der Waals surface area contributed by atoms with Crippen LogP contribution in [0, 0.1) is 0 Å². The number of carbonyl (C=O) groups is 3. The topological polar surface area (TPSA) is 122 Å². The highest BCUT2D eigenvalue weighted by Gasteiger charge is 2.39. The number of piperidine rings is 1. The molecule has 152 valence electrons. The van der Waals surface area contributed by atoms with Gasteiger partial charge in [0.25, 0.3) is 5.91 Å². The first-order chi connectivity index (χ1) is 14.1. The predicted molar refractivity (Wildman–Crippen MR) is 106 cm³/mol. The van der Waals surface area contributed by atoms with E-state index in [0.717, 1.165) is 29.8 Å². The van der Waals surface area contributed by atoms with Crippen molar-refractivity contribution >= 4 is 23.4 Å². The van der Waals surface area contributed by atoms with Gasteiger partial charge >= 0.3 is 0 Å². The smallest absolute Gasteiger partial charge is 0.255 e. The lowest BCUT2D eigenvalue weighted by Gasteiger charge is -2.29. The van der Waals surface area contributed by atoms with E-state index < -0.39 is 11.9 Å². The minimum Gasteiger partial charge on any atom is -0.378 e. The van der Waals surface area contributed by atoms with Gasteiger partial charge in [-0.3, -0.25) is 24.4 Å². The number of anilines is 1. The number of nitrogens with one attached hydrogen (secondary N) is 2. The predicted octanol–water partition coefficient (Wildman–Crippen LogP) is 0.605. The fraction of sp³-hybridized carbons (Fsp3) is 0.400. The van der Waals surface area contributed by atoms with Crippen molar-refractivity contribution in [2.75, 3.05) is 11.9 Å². The third-order valence-electron chi connectivity index (χ3n) is 5.35. The van der Waals surface area contributed by atoms with Crippen molar-refractivity contribution in [3.63, 3.8) is 0 Å². The Bertz CT molecular complexity index is 953. The van der Waals surface area contributed by atoms with Gasteiger partial charge in [-0.2, -0.15) is 5.10 Å². The number of imide groups is 1. The number of benzene rings is 1. The Morgan fingerprint density at radius 3 is 2.93 bits per heavy atom. The molecule has 1 fully saturated rings. The first-order valence-corrected chi connectivity index (χ1v) is 9.78. The SMILES string of the molecule is NCCCn1cc(NCc2cccc3c2C(=O)N(C2CCC(=O)NC2=O)C3)cn1. The lowest BCUT2D eigenvalue weighted by Crippen LogP contribution is -2.52. The van der Waals surface area contributed by atoms with Gasteiger partial charge in [0.15, 0.2) is 0 Å². The summed E-state index contributed by atoms with van der Waals surface area (Å²) in [7, 11) is 0. The Morgan fingerprint density at radius 1 is 1.28 bits per heavy atom. The van der Waals surface area contributed by atoms with Crippen LogP contribution in [-0.2, 0) is 29.2 Å². The highest BCUT2D eigenvalue weighted by Crippen LogP contribution is 2.30. The Kier molecular flexibility index (Phi) is 5.30. The molecule has 2 aromatic rings. The quantitative estimate of drug-likeness (QED) is 0.589. The Hall–Kier alpha value is -3.20. The fourth-order valence-electron chi connectivity index (χ4n) is 3.86. The molecular formula is C20H24N6O3. The van der Waals surface area contributed by atoms with E-state index in [1.165, 1.54) is 0 Å². The zero-order chi connectivity index (χ0) is 20.4. The molecule has 0 spiro atoms. The van der Waals surface area contributed by atoms with Gasteiger partial charge in [-0.15, -0.1) is 0 Å². The number of aromatic nitrogens is 2. The van der Waals surface area contributed by atoms with Gasteiger partial charge < -0.3 is 16.0 Å². The molecule has 1 unspecified atom stereocenters. The average Bonchev–Trinajstić information content (AvgIpc) is 3.29. The molecule has 1 aromatic heterocycles. The van der Waals surface area contributed by atoms with E-state index in [1.54, 1.807) is 11.1 Å². The van der Waals surface area contributed by atoms with E-state index in [0.29, 0.717) is 31.6 Å². The van der Waals surface area contributed by atoms with Crippen molar-refractivity contribution in [1.29, 1.82) is 0 Å². The Morgan fingerprint density at radius 2 is 2.14 bits per heavy atom. The summed E-state index contributed by atoms with van der Waals surface area (Å²) in [5.74, 6) is -0.843. The van der Waals surface area contributed by atoms with Crippen LogP contribution in [0.3, 0.4) is 0 Å². The summed E-state index contributed by atoms with van der Waals surface area (Å²) < 4.78 is 1.83. The number of fused-ring (bicyclic) bond motifs is 1. The van der Waals surface area contributed by atoms with Crippen molar-refractivity contribution in [3.05, 3.63) is 47.3 Å². The molecule has 29 heavy (non-hydrogen) atoms. The molecule has 1 atom stereocenters. The molecule has 2 aliphatic heterocycles. The Balaban J connectivity index is 1.47. The van der Waals surface area contributed by atoms with E-state index in [9.17, 15) is 14.4 Å². The van der Waals surface area contributed by atoms with Crippen LogP contribution in [0.25, 0.3) is 0 Å². The summed E-state index contributed by atoms with van der Waals surface area (Å²) in [4.78, 5) is 38.3. The number of aryl methyl sites for hydroxylation is 1. The normalized spacial score (nSPS) is 18.7. The molecule has 1 aromatic carbocycles. The maximum atomic E-state index is 13.1. The number of nitrogens with zero attached hydrogens (tertiary/aromatic N) is 3. The number of amides is 3. The van der Waals surface area contributed by atoms with Crippen LogP contribution in [0.1, 0.15) is 40.7 Å². The first kappa shape index (κ1) is 19.1. The third kappa shape index (κ3) is 3.86. The minimum absolute atomic E-state index is 0.162. The average molecular weight is 396 g/mol. The van der Waals surface area contributed by atoms with E-state index >= 15 is 0 Å². The molecule has 0 bridgehead atoms. The van der Waals surface area contributed by atoms with E-state index in [4.69, 9.17) is 5.73 Å². The molecule has 4 N–H and O–H groups in total. The largest absolute Gasteiger partial charge is 0.378 e. The van der Waals surface area contributed by atoms with Gasteiger partial charge in [0, 0.05) is 37.8 Å². The molecule has 0 saturated carbocycles. The summed E-state index contributed by atoms with van der Waals surface area (Å²) >= 11 is 0. The second-order valence-corrected chi connectivity index (χ2v) is 7.34. The highest BCUT2D eigenvalue weighted by molar-refractivity contribution is 6.06. The van der Waals surface area contributed by atoms with Crippen molar-refractivity contribution in [2.24, 2.45) is 5.73 Å². The van der Waals surface area contributed by atoms with Crippen molar-refractivity contribution in [2.45, 2.75) is 44.9 Å². The van der Waals surface area contributed by atoms with Crippen LogP contribution < -0.4 is 16.4 Å². The molecule has 9 nitrogen and oxygen atoms in total. The minimum atomic E-state index is -0.603. The molecule has 0 radical (unpaired) electrons. The van der Waals surface area contributed by atoms with Crippen LogP contribution in [0.4, 0.5) is 5.69 Å². The fourth-order valence-corrected chi connectivity index (χ4v) is 3.86. The number of nitrogens with two attached hydrogens (primary N) is 1. The Labute approximate surface area is 168 Å². The lowest BCUT2D eigenvalue weighted by atomic mass is 10.0. The number of rotatable bonds is 7. The lowest BCUT2D eigenvalue weighted by molar-refractivity contribution is -0.136. The monoisotopic (exact) mass is 396 g/mol. The zero-order valence-electron chi connectivity index (χ0n) is 16.1. The highest BCUT2D eigenvalue weighted by atomic mass is 16.2. The number of carbonyl (C=O) groups excluding carboxylic acids is 3. The van der Waals surface area contributed by atoms with E-state index in [-0.39, 0.29) is 18.2 Å². The molecule has 2 aliphatic rings. The van der Waals surface area contributed by atoms with Crippen molar-refractivity contribution in [1.82, 2.24) is 20.0 Å². The molecule has 3 heterocycles. The van der Waals surface area contributed by atoms with Gasteiger partial charge in [0.1, 0.15) is 6.04 Å². The summed E-state index contributed by atoms with van der Waals surface area (Å²) in [5.41, 5.74) is 8.81. The van der Waals surface area contributed by atoms with Crippen molar-refractivity contribution in [3.8, 4) is 0 Å². The molecule has 1 saturated heterocycles. The van der Waals surface area contributed by atoms with Crippen LogP contribution in [0.5, 0.6) is 0 Å². The number of hydrogen-bond donors (Lipinski definition) is 3. The van der Waals surface area contributed by atoms with Crippen LogP contribution in [0.15, 0.2) is 30.6 Å². The number of hydrogen-bond acceptors (Lipinski definition) is 6. The maximum Gasteiger partial charge on any atom is 0.255 e. The first-order valence-electron chi connectivity index (χ1n) is 9.78. The van der Waals surface area contributed by atoms with Gasteiger partial charge in [0.2, 0.25) is 11.8 Å². The second-order valence-electron chi connectivity index (χ2n) is 7.34. The molecule has 9 heteroatoms. The maximum absolute atomic E-state index is 13.1. The second kappa shape index (κ2) is 8.04. The van der Waals surface area contributed by atoms with Gasteiger partial charge in [-0.25, -0.2) is 0 Å². The molecular weight excluding hydrogens is 372 g/mol. The summed E-state index contributed by atoms with van der Waals surface area (Å²) in [6.45, 7) is 2.23. The molecule has 0 aliphatic carbocycles. The third-order valence-corrected chi connectivity index (χ3v) is 5.35. The van der Waals surface area contributed by atoms with E-state index in [2.05, 4.69) is 15.7 Å². The van der Waals surface area contributed by atoms with Gasteiger partial charge in [-0.05, 0) is 30.5 Å². The van der Waals surface area contributed by atoms with Crippen molar-refractivity contribution < 1.29 is 14.4 Å². The van der Waals surface area contributed by atoms with Gasteiger partial charge in [0.05, 0.1) is 11.9 Å². The zero-order valence-corrected chi connectivity index (χ0v) is 16.1.